The summed E-state index contributed by atoms with van der Waals surface area (Å²) < 4.78 is 0. The molecule has 0 aliphatic rings. The Morgan fingerprint density at radius 3 is 2.35 bits per heavy atom. The van der Waals surface area contributed by atoms with E-state index in [4.69, 9.17) is 0 Å². The lowest BCUT2D eigenvalue weighted by Crippen LogP contribution is -2.16. The number of hydrogen-bond donors (Lipinski definition) is 1. The molecule has 0 aliphatic heterocycles. The highest BCUT2D eigenvalue weighted by molar-refractivity contribution is 6.10. The van der Waals surface area contributed by atoms with E-state index in [2.05, 4.69) is 20.8 Å². The zero-order valence-corrected chi connectivity index (χ0v) is 12.2. The number of benzene rings is 2. The van der Waals surface area contributed by atoms with Crippen molar-refractivity contribution in [2.75, 3.05) is 0 Å². The SMILES string of the molecule is CCC(C)(C)c1ccc(O)c(C(=O)c2ccccc2)c1. The van der Waals surface area contributed by atoms with Gasteiger partial charge in [-0.1, -0.05) is 57.2 Å². The fraction of sp³-hybridized carbons (Fsp3) is 0.278. The third-order valence-electron chi connectivity index (χ3n) is 3.94. The van der Waals surface area contributed by atoms with E-state index in [9.17, 15) is 9.90 Å². The molecule has 0 bridgehead atoms. The number of ketones is 1. The van der Waals surface area contributed by atoms with E-state index < -0.39 is 0 Å². The summed E-state index contributed by atoms with van der Waals surface area (Å²) in [6.45, 7) is 6.39. The van der Waals surface area contributed by atoms with Crippen LogP contribution in [0.25, 0.3) is 0 Å². The van der Waals surface area contributed by atoms with Gasteiger partial charge in [-0.15, -0.1) is 0 Å². The van der Waals surface area contributed by atoms with Crippen LogP contribution in [0.1, 0.15) is 48.7 Å². The van der Waals surface area contributed by atoms with Gasteiger partial charge in [0.25, 0.3) is 0 Å². The first-order chi connectivity index (χ1) is 9.45. The van der Waals surface area contributed by atoms with Gasteiger partial charge in [-0.2, -0.15) is 0 Å². The molecule has 104 valence electrons. The maximum absolute atomic E-state index is 12.5. The van der Waals surface area contributed by atoms with E-state index in [-0.39, 0.29) is 16.9 Å². The van der Waals surface area contributed by atoms with Crippen LogP contribution < -0.4 is 0 Å². The Bertz CT molecular complexity index is 613. The first kappa shape index (κ1) is 14.3. The van der Waals surface area contributed by atoms with Crippen LogP contribution in [0.2, 0.25) is 0 Å². The Morgan fingerprint density at radius 1 is 1.10 bits per heavy atom. The summed E-state index contributed by atoms with van der Waals surface area (Å²) in [5.74, 6) is -0.105. The number of phenols is 1. The Kier molecular flexibility index (Phi) is 3.93. The van der Waals surface area contributed by atoms with Crippen molar-refractivity contribution < 1.29 is 9.90 Å². The summed E-state index contributed by atoms with van der Waals surface area (Å²) in [5.41, 5.74) is 2.01. The second kappa shape index (κ2) is 5.49. The van der Waals surface area contributed by atoms with E-state index in [1.54, 1.807) is 18.2 Å². The summed E-state index contributed by atoms with van der Waals surface area (Å²) in [4.78, 5) is 12.5. The lowest BCUT2D eigenvalue weighted by Gasteiger charge is -2.24. The minimum atomic E-state index is -0.142. The van der Waals surface area contributed by atoms with E-state index in [1.807, 2.05) is 30.3 Å². The van der Waals surface area contributed by atoms with Crippen LogP contribution in [0.4, 0.5) is 0 Å². The van der Waals surface area contributed by atoms with Gasteiger partial charge in [-0.05, 0) is 29.5 Å². The standard InChI is InChI=1S/C18H20O2/c1-4-18(2,3)14-10-11-16(19)15(12-14)17(20)13-8-6-5-7-9-13/h5-12,19H,4H2,1-3H3. The van der Waals surface area contributed by atoms with Gasteiger partial charge >= 0.3 is 0 Å². The maximum atomic E-state index is 12.5. The van der Waals surface area contributed by atoms with Crippen molar-refractivity contribution in [2.24, 2.45) is 0 Å². The fourth-order valence-electron chi connectivity index (χ4n) is 2.09. The predicted molar refractivity (Wildman–Crippen MR) is 81.3 cm³/mol. The summed E-state index contributed by atoms with van der Waals surface area (Å²) in [5, 5.41) is 9.98. The smallest absolute Gasteiger partial charge is 0.196 e. The van der Waals surface area contributed by atoms with Crippen molar-refractivity contribution in [1.82, 2.24) is 0 Å². The highest BCUT2D eigenvalue weighted by Crippen LogP contribution is 2.31. The van der Waals surface area contributed by atoms with Gasteiger partial charge in [-0.3, -0.25) is 4.79 Å². The largest absolute Gasteiger partial charge is 0.507 e. The molecule has 0 spiro atoms. The number of hydrogen-bond acceptors (Lipinski definition) is 2. The molecule has 2 rings (SSSR count). The Hall–Kier alpha value is -2.09. The molecular formula is C18H20O2. The van der Waals surface area contributed by atoms with Gasteiger partial charge in [0.2, 0.25) is 0 Å². The van der Waals surface area contributed by atoms with Crippen molar-refractivity contribution >= 4 is 5.78 Å². The third kappa shape index (κ3) is 2.74. The van der Waals surface area contributed by atoms with Crippen LogP contribution in [0.15, 0.2) is 48.5 Å². The van der Waals surface area contributed by atoms with E-state index >= 15 is 0 Å². The van der Waals surface area contributed by atoms with Gasteiger partial charge in [-0.25, -0.2) is 0 Å². The molecule has 1 N–H and O–H groups in total. The second-order valence-electron chi connectivity index (χ2n) is 5.66. The highest BCUT2D eigenvalue weighted by atomic mass is 16.3. The van der Waals surface area contributed by atoms with Crippen LogP contribution in [0, 0.1) is 0 Å². The van der Waals surface area contributed by atoms with Crippen LogP contribution in [0.5, 0.6) is 5.75 Å². The number of rotatable bonds is 4. The van der Waals surface area contributed by atoms with Crippen LogP contribution >= 0.6 is 0 Å². The van der Waals surface area contributed by atoms with Gasteiger partial charge in [0.1, 0.15) is 5.75 Å². The maximum Gasteiger partial charge on any atom is 0.196 e. The van der Waals surface area contributed by atoms with Crippen LogP contribution in [0.3, 0.4) is 0 Å². The summed E-state index contributed by atoms with van der Waals surface area (Å²) in [6, 6.07) is 14.4. The number of carbonyl (C=O) groups is 1. The molecule has 0 aliphatic carbocycles. The van der Waals surface area contributed by atoms with Crippen molar-refractivity contribution in [2.45, 2.75) is 32.6 Å². The summed E-state index contributed by atoms with van der Waals surface area (Å²) in [7, 11) is 0. The summed E-state index contributed by atoms with van der Waals surface area (Å²) in [6.07, 6.45) is 0.969. The predicted octanol–water partition coefficient (Wildman–Crippen LogP) is 4.31. The minimum absolute atomic E-state index is 0.0145. The van der Waals surface area contributed by atoms with Gasteiger partial charge < -0.3 is 5.11 Å². The normalized spacial score (nSPS) is 11.3. The molecule has 0 aromatic heterocycles. The molecule has 0 radical (unpaired) electrons. The second-order valence-corrected chi connectivity index (χ2v) is 5.66. The Labute approximate surface area is 120 Å². The molecule has 0 amide bonds. The van der Waals surface area contributed by atoms with Crippen molar-refractivity contribution in [3.8, 4) is 5.75 Å². The highest BCUT2D eigenvalue weighted by Gasteiger charge is 2.21. The number of aromatic hydroxyl groups is 1. The molecule has 0 saturated heterocycles. The number of carbonyl (C=O) groups excluding carboxylic acids is 1. The average Bonchev–Trinajstić information content (AvgIpc) is 2.47. The first-order valence-electron chi connectivity index (χ1n) is 6.89. The summed E-state index contributed by atoms with van der Waals surface area (Å²) >= 11 is 0. The van der Waals surface area contributed by atoms with Crippen LogP contribution in [-0.4, -0.2) is 10.9 Å². The molecule has 2 nitrogen and oxygen atoms in total. The zero-order chi connectivity index (χ0) is 14.8. The van der Waals surface area contributed by atoms with Gasteiger partial charge in [0.15, 0.2) is 5.78 Å². The molecule has 0 unspecified atom stereocenters. The van der Waals surface area contributed by atoms with Gasteiger partial charge in [0.05, 0.1) is 5.56 Å². The first-order valence-corrected chi connectivity index (χ1v) is 6.89. The minimum Gasteiger partial charge on any atom is -0.507 e. The molecule has 2 aromatic carbocycles. The molecule has 0 atom stereocenters. The topological polar surface area (TPSA) is 37.3 Å². The van der Waals surface area contributed by atoms with E-state index in [0.29, 0.717) is 11.1 Å². The molecule has 2 aromatic rings. The van der Waals surface area contributed by atoms with E-state index in [0.717, 1.165) is 12.0 Å². The fourth-order valence-corrected chi connectivity index (χ4v) is 2.09. The average molecular weight is 268 g/mol. The van der Waals surface area contributed by atoms with Gasteiger partial charge in [0, 0.05) is 5.56 Å². The molecule has 0 fully saturated rings. The van der Waals surface area contributed by atoms with E-state index in [1.165, 1.54) is 0 Å². The Morgan fingerprint density at radius 2 is 1.75 bits per heavy atom. The molecule has 20 heavy (non-hydrogen) atoms. The monoisotopic (exact) mass is 268 g/mol. The molecule has 0 saturated carbocycles. The zero-order valence-electron chi connectivity index (χ0n) is 12.2. The quantitative estimate of drug-likeness (QED) is 0.839. The molecular weight excluding hydrogens is 248 g/mol. The van der Waals surface area contributed by atoms with Crippen molar-refractivity contribution in [3.05, 3.63) is 65.2 Å². The lowest BCUT2D eigenvalue weighted by molar-refractivity contribution is 0.103. The third-order valence-corrected chi connectivity index (χ3v) is 3.94. The van der Waals surface area contributed by atoms with Crippen LogP contribution in [-0.2, 0) is 5.41 Å². The van der Waals surface area contributed by atoms with Crippen molar-refractivity contribution in [3.63, 3.8) is 0 Å². The lowest BCUT2D eigenvalue weighted by atomic mass is 9.81. The molecule has 0 heterocycles. The van der Waals surface area contributed by atoms with Crippen molar-refractivity contribution in [1.29, 1.82) is 0 Å². The number of phenolic OH excluding ortho intramolecular Hbond substituents is 1. The molecule has 2 heteroatoms. The Balaban J connectivity index is 2.47.